The molecule has 0 heterocycles. The second kappa shape index (κ2) is 7.01. The summed E-state index contributed by atoms with van der Waals surface area (Å²) in [5, 5.41) is 3.49. The van der Waals surface area contributed by atoms with E-state index >= 15 is 0 Å². The zero-order valence-electron chi connectivity index (χ0n) is 10.9. The molecule has 0 aliphatic carbocycles. The van der Waals surface area contributed by atoms with Crippen LogP contribution >= 0.6 is 22.6 Å². The lowest BCUT2D eigenvalue weighted by Gasteiger charge is -2.14. The van der Waals surface area contributed by atoms with Crippen LogP contribution < -0.4 is 5.32 Å². The molecule has 2 rings (SSSR count). The van der Waals surface area contributed by atoms with Crippen LogP contribution in [0.25, 0.3) is 0 Å². The lowest BCUT2D eigenvalue weighted by Crippen LogP contribution is -2.27. The summed E-state index contributed by atoms with van der Waals surface area (Å²) in [6, 6.07) is 15.6. The molecule has 0 aromatic heterocycles. The molecule has 1 nitrogen and oxygen atoms in total. The van der Waals surface area contributed by atoms with Gasteiger partial charge in [0.15, 0.2) is 0 Å². The largest absolute Gasteiger partial charge is 0.310 e. The number of rotatable bonds is 5. The van der Waals surface area contributed by atoms with E-state index in [2.05, 4.69) is 59.1 Å². The van der Waals surface area contributed by atoms with Crippen molar-refractivity contribution in [3.63, 3.8) is 0 Å². The smallest absolute Gasteiger partial charge is 0.123 e. The van der Waals surface area contributed by atoms with Crippen LogP contribution in [0.3, 0.4) is 0 Å². The Kier molecular flexibility index (Phi) is 5.34. The molecule has 1 atom stereocenters. The Morgan fingerprint density at radius 2 is 1.58 bits per heavy atom. The molecule has 2 aromatic rings. The molecule has 19 heavy (non-hydrogen) atoms. The first-order chi connectivity index (χ1) is 9.13. The number of hydrogen-bond donors (Lipinski definition) is 1. The van der Waals surface area contributed by atoms with Crippen LogP contribution in [0.5, 0.6) is 0 Å². The van der Waals surface area contributed by atoms with E-state index < -0.39 is 0 Å². The number of benzene rings is 2. The molecule has 0 saturated carbocycles. The quantitative estimate of drug-likeness (QED) is 0.781. The van der Waals surface area contributed by atoms with E-state index in [1.807, 2.05) is 12.1 Å². The Balaban J connectivity index is 1.82. The fourth-order valence-electron chi connectivity index (χ4n) is 1.94. The van der Waals surface area contributed by atoms with Gasteiger partial charge >= 0.3 is 0 Å². The molecular formula is C16H17FIN. The molecule has 1 unspecified atom stereocenters. The summed E-state index contributed by atoms with van der Waals surface area (Å²) in [6.45, 7) is 3.01. The average Bonchev–Trinajstić information content (AvgIpc) is 2.41. The van der Waals surface area contributed by atoms with Crippen LogP contribution in [-0.2, 0) is 13.0 Å². The summed E-state index contributed by atoms with van der Waals surface area (Å²) in [4.78, 5) is 0. The fourth-order valence-corrected chi connectivity index (χ4v) is 2.30. The maximum absolute atomic E-state index is 12.8. The molecule has 100 valence electrons. The SMILES string of the molecule is CC(Cc1ccc(F)cc1)NCc1ccc(I)cc1. The van der Waals surface area contributed by atoms with Crippen molar-refractivity contribution in [2.24, 2.45) is 0 Å². The molecule has 0 aliphatic rings. The third kappa shape index (κ3) is 4.91. The van der Waals surface area contributed by atoms with Crippen LogP contribution in [-0.4, -0.2) is 6.04 Å². The molecule has 0 amide bonds. The molecule has 0 saturated heterocycles. The van der Waals surface area contributed by atoms with Gasteiger partial charge in [-0.25, -0.2) is 4.39 Å². The van der Waals surface area contributed by atoms with Crippen molar-refractivity contribution < 1.29 is 4.39 Å². The number of hydrogen-bond acceptors (Lipinski definition) is 1. The van der Waals surface area contributed by atoms with Gasteiger partial charge < -0.3 is 5.32 Å². The van der Waals surface area contributed by atoms with Crippen LogP contribution in [0.1, 0.15) is 18.1 Å². The third-order valence-corrected chi connectivity index (χ3v) is 3.74. The predicted molar refractivity (Wildman–Crippen MR) is 85.6 cm³/mol. The highest BCUT2D eigenvalue weighted by atomic mass is 127. The van der Waals surface area contributed by atoms with Crippen LogP contribution in [0.2, 0.25) is 0 Å². The topological polar surface area (TPSA) is 12.0 Å². The highest BCUT2D eigenvalue weighted by Gasteiger charge is 2.03. The van der Waals surface area contributed by atoms with Crippen molar-refractivity contribution in [3.8, 4) is 0 Å². The van der Waals surface area contributed by atoms with Gasteiger partial charge in [0.1, 0.15) is 5.82 Å². The van der Waals surface area contributed by atoms with E-state index in [4.69, 9.17) is 0 Å². The van der Waals surface area contributed by atoms with Crippen molar-refractivity contribution in [1.82, 2.24) is 5.32 Å². The maximum atomic E-state index is 12.8. The van der Waals surface area contributed by atoms with Gasteiger partial charge in [0.05, 0.1) is 0 Å². The number of halogens is 2. The second-order valence-corrected chi connectivity index (χ2v) is 5.98. The third-order valence-electron chi connectivity index (χ3n) is 3.02. The van der Waals surface area contributed by atoms with Gasteiger partial charge in [0.25, 0.3) is 0 Å². The van der Waals surface area contributed by atoms with E-state index in [-0.39, 0.29) is 5.82 Å². The highest BCUT2D eigenvalue weighted by Crippen LogP contribution is 2.08. The standard InChI is InChI=1S/C16H17FIN/c1-12(10-13-2-6-15(17)7-3-13)19-11-14-4-8-16(18)9-5-14/h2-9,12,19H,10-11H2,1H3. The van der Waals surface area contributed by atoms with Crippen molar-refractivity contribution in [3.05, 3.63) is 69.0 Å². The monoisotopic (exact) mass is 369 g/mol. The lowest BCUT2D eigenvalue weighted by atomic mass is 10.1. The summed E-state index contributed by atoms with van der Waals surface area (Å²) in [5.74, 6) is -0.178. The predicted octanol–water partition coefficient (Wildman–Crippen LogP) is 4.15. The minimum atomic E-state index is -0.178. The van der Waals surface area contributed by atoms with E-state index in [0.717, 1.165) is 18.5 Å². The van der Waals surface area contributed by atoms with Crippen molar-refractivity contribution in [2.75, 3.05) is 0 Å². The maximum Gasteiger partial charge on any atom is 0.123 e. The van der Waals surface area contributed by atoms with E-state index in [0.29, 0.717) is 6.04 Å². The highest BCUT2D eigenvalue weighted by molar-refractivity contribution is 14.1. The Hall–Kier alpha value is -0.940. The Labute approximate surface area is 127 Å². The second-order valence-electron chi connectivity index (χ2n) is 4.74. The first-order valence-corrected chi connectivity index (χ1v) is 7.43. The summed E-state index contributed by atoms with van der Waals surface area (Å²) < 4.78 is 14.1. The van der Waals surface area contributed by atoms with Crippen LogP contribution in [0.4, 0.5) is 4.39 Å². The molecular weight excluding hydrogens is 352 g/mol. The van der Waals surface area contributed by atoms with Gasteiger partial charge in [-0.1, -0.05) is 24.3 Å². The fraction of sp³-hybridized carbons (Fsp3) is 0.250. The molecule has 0 bridgehead atoms. The molecule has 0 spiro atoms. The van der Waals surface area contributed by atoms with E-state index in [9.17, 15) is 4.39 Å². The summed E-state index contributed by atoms with van der Waals surface area (Å²) >= 11 is 2.30. The van der Waals surface area contributed by atoms with E-state index in [1.54, 1.807) is 0 Å². The molecule has 3 heteroatoms. The molecule has 1 N–H and O–H groups in total. The first kappa shape index (κ1) is 14.5. The molecule has 0 aliphatic heterocycles. The van der Waals surface area contributed by atoms with Crippen molar-refractivity contribution in [1.29, 1.82) is 0 Å². The van der Waals surface area contributed by atoms with Crippen LogP contribution in [0.15, 0.2) is 48.5 Å². The van der Waals surface area contributed by atoms with Crippen molar-refractivity contribution >= 4 is 22.6 Å². The Bertz CT molecular complexity index is 507. The first-order valence-electron chi connectivity index (χ1n) is 6.36. The Morgan fingerprint density at radius 1 is 1.00 bits per heavy atom. The molecule has 0 fully saturated rings. The van der Waals surface area contributed by atoms with Gasteiger partial charge in [-0.05, 0) is 71.3 Å². The van der Waals surface area contributed by atoms with E-state index in [1.165, 1.54) is 21.3 Å². The Morgan fingerprint density at radius 3 is 2.21 bits per heavy atom. The van der Waals surface area contributed by atoms with Gasteiger partial charge in [-0.15, -0.1) is 0 Å². The average molecular weight is 369 g/mol. The lowest BCUT2D eigenvalue weighted by molar-refractivity contribution is 0.544. The zero-order chi connectivity index (χ0) is 13.7. The minimum Gasteiger partial charge on any atom is -0.310 e. The normalized spacial score (nSPS) is 12.4. The van der Waals surface area contributed by atoms with Crippen molar-refractivity contribution in [2.45, 2.75) is 25.9 Å². The zero-order valence-corrected chi connectivity index (χ0v) is 13.0. The molecule has 2 aromatic carbocycles. The van der Waals surface area contributed by atoms with Crippen LogP contribution in [0, 0.1) is 9.39 Å². The minimum absolute atomic E-state index is 0.178. The molecule has 0 radical (unpaired) electrons. The summed E-state index contributed by atoms with van der Waals surface area (Å²) in [7, 11) is 0. The van der Waals surface area contributed by atoms with Gasteiger partial charge in [0.2, 0.25) is 0 Å². The van der Waals surface area contributed by atoms with Gasteiger partial charge in [0, 0.05) is 16.2 Å². The summed E-state index contributed by atoms with van der Waals surface area (Å²) in [5.41, 5.74) is 2.44. The van der Waals surface area contributed by atoms with Gasteiger partial charge in [-0.2, -0.15) is 0 Å². The van der Waals surface area contributed by atoms with Gasteiger partial charge in [-0.3, -0.25) is 0 Å². The number of nitrogens with one attached hydrogen (secondary N) is 1. The summed E-state index contributed by atoms with van der Waals surface area (Å²) in [6.07, 6.45) is 0.907.